The van der Waals surface area contributed by atoms with Crippen molar-refractivity contribution < 1.29 is 52.1 Å². The average molecular weight is 731 g/mol. The largest absolute Gasteiger partial charge is 0.481 e. The lowest BCUT2D eigenvalue weighted by Crippen LogP contribution is -2.57. The van der Waals surface area contributed by atoms with Crippen LogP contribution in [0.4, 0.5) is 4.79 Å². The third-order valence-electron chi connectivity index (χ3n) is 7.67. The number of nitrogens with one attached hydrogen (secondary N) is 5. The summed E-state index contributed by atoms with van der Waals surface area (Å²) in [5.74, 6) is -5.54. The second-order valence-corrected chi connectivity index (χ2v) is 14.6. The van der Waals surface area contributed by atoms with Crippen molar-refractivity contribution >= 4 is 51.2 Å². The van der Waals surface area contributed by atoms with Crippen molar-refractivity contribution in [3.05, 3.63) is 72.3 Å². The Labute approximate surface area is 294 Å². The van der Waals surface area contributed by atoms with Gasteiger partial charge in [0.05, 0.1) is 30.7 Å². The van der Waals surface area contributed by atoms with E-state index in [4.69, 9.17) is 4.74 Å². The number of hydrogen-bond donors (Lipinski definition) is 7. The molecule has 0 saturated carbocycles. The van der Waals surface area contributed by atoms with E-state index in [1.807, 2.05) is 0 Å². The zero-order valence-corrected chi connectivity index (χ0v) is 29.1. The predicted molar refractivity (Wildman–Crippen MR) is 182 cm³/mol. The molecule has 4 amide bonds. The van der Waals surface area contributed by atoms with Crippen LogP contribution < -0.4 is 21.3 Å². The summed E-state index contributed by atoms with van der Waals surface area (Å²) in [5, 5.41) is 27.6. The maximum atomic E-state index is 13.7. The molecule has 276 valence electrons. The first-order valence-electron chi connectivity index (χ1n) is 15.9. The van der Waals surface area contributed by atoms with E-state index in [0.29, 0.717) is 5.56 Å². The number of ether oxygens (including phenoxy) is 1. The summed E-state index contributed by atoms with van der Waals surface area (Å²) in [6, 6.07) is 3.19. The number of hydrogen-bond acceptors (Lipinski definition) is 10. The molecule has 17 nitrogen and oxygen atoms in total. The molecule has 0 bridgehead atoms. The van der Waals surface area contributed by atoms with E-state index in [1.54, 1.807) is 44.2 Å². The van der Waals surface area contributed by atoms with E-state index >= 15 is 0 Å². The normalized spacial score (nSPS) is 16.0. The van der Waals surface area contributed by atoms with Crippen LogP contribution in [0.5, 0.6) is 0 Å². The molecule has 2 aromatic rings. The van der Waals surface area contributed by atoms with E-state index in [9.17, 15) is 47.4 Å². The first kappa shape index (κ1) is 39.9. The number of sulfone groups is 1. The smallest absolute Gasteiger partial charge is 0.408 e. The van der Waals surface area contributed by atoms with Gasteiger partial charge in [0.25, 0.3) is 0 Å². The van der Waals surface area contributed by atoms with Crippen LogP contribution in [0.3, 0.4) is 0 Å². The summed E-state index contributed by atoms with van der Waals surface area (Å²) in [6.07, 6.45) is 2.40. The maximum Gasteiger partial charge on any atom is 0.408 e. The number of nitrogens with zero attached hydrogens (tertiary/aromatic N) is 1. The van der Waals surface area contributed by atoms with E-state index < -0.39 is 94.3 Å². The summed E-state index contributed by atoms with van der Waals surface area (Å²) >= 11 is 0. The Hall–Kier alpha value is -5.52. The molecule has 7 N–H and O–H groups in total. The van der Waals surface area contributed by atoms with Gasteiger partial charge in [-0.05, 0) is 29.9 Å². The van der Waals surface area contributed by atoms with Gasteiger partial charge in [-0.1, -0.05) is 56.8 Å². The monoisotopic (exact) mass is 730 g/mol. The highest BCUT2D eigenvalue weighted by atomic mass is 32.2. The number of carbonyl (C=O) groups excluding carboxylic acids is 4. The predicted octanol–water partition coefficient (Wildman–Crippen LogP) is 0.911. The average Bonchev–Trinajstić information content (AvgIpc) is 3.69. The van der Waals surface area contributed by atoms with Crippen LogP contribution in [0.1, 0.15) is 50.8 Å². The first-order chi connectivity index (χ1) is 24.0. The van der Waals surface area contributed by atoms with Crippen LogP contribution in [-0.4, -0.2) is 100 Å². The van der Waals surface area contributed by atoms with Crippen molar-refractivity contribution in [1.82, 2.24) is 31.2 Å². The summed E-state index contributed by atoms with van der Waals surface area (Å²) in [4.78, 5) is 83.3. The Balaban J connectivity index is 1.82. The second kappa shape index (κ2) is 17.9. The summed E-state index contributed by atoms with van der Waals surface area (Å²) < 4.78 is 29.3. The van der Waals surface area contributed by atoms with E-state index in [1.165, 1.54) is 18.6 Å². The molecule has 0 spiro atoms. The van der Waals surface area contributed by atoms with Gasteiger partial charge in [0, 0.05) is 18.2 Å². The Morgan fingerprint density at radius 3 is 2.16 bits per heavy atom. The zero-order chi connectivity index (χ0) is 37.9. The van der Waals surface area contributed by atoms with Crippen molar-refractivity contribution in [2.45, 2.75) is 75.6 Å². The van der Waals surface area contributed by atoms with Gasteiger partial charge in [0.15, 0.2) is 9.84 Å². The molecule has 1 aliphatic carbocycles. The fourth-order valence-electron chi connectivity index (χ4n) is 5.05. The fourth-order valence-corrected chi connectivity index (χ4v) is 6.12. The standard InChI is InChI=1S/C33H42N6O11S/c1-18(2)12-24(38-33(47)50-16-20-8-6-5-7-9-20)31(45)36-22(10-11-27(40)41)30(44)39-29(19(3)25-15-34-17-35-25)32(46)37-23(14-28(42)43)21-13-26(21)51(4,48)49/h5-9,13,15,17-18,22-24,26,29H,3,10-12,14,16H2,1-2,4H3,(H,34,35)(H,36,45)(H,37,46)(H,38,47)(H,39,44)(H,40,41)(H,42,43)/t22?,23-,24-,26?,29-/m0/s1. The maximum absolute atomic E-state index is 13.7. The minimum absolute atomic E-state index is 0.0410. The molecule has 5 atom stereocenters. The zero-order valence-electron chi connectivity index (χ0n) is 28.2. The summed E-state index contributed by atoms with van der Waals surface area (Å²) in [6.45, 7) is 7.38. The van der Waals surface area contributed by atoms with Gasteiger partial charge in [-0.15, -0.1) is 0 Å². The topological polar surface area (TPSA) is 263 Å². The number of carbonyl (C=O) groups is 6. The third-order valence-corrected chi connectivity index (χ3v) is 9.00. The number of alkyl carbamates (subject to hydrolysis) is 1. The highest BCUT2D eigenvalue weighted by Gasteiger charge is 2.42. The summed E-state index contributed by atoms with van der Waals surface area (Å²) in [7, 11) is -3.62. The molecular formula is C33H42N6O11S. The SMILES string of the molecule is C=C(c1cnc[nH]1)[C@H](NC(=O)C(CCC(=O)O)NC(=O)[C@H](CC(C)C)NC(=O)OCc1ccccc1)C(=O)N[C@@H](CC(=O)O)C1=CC1S(C)(=O)=O. The molecule has 1 aromatic carbocycles. The highest BCUT2D eigenvalue weighted by Crippen LogP contribution is 2.32. The molecule has 3 rings (SSSR count). The Kier molecular flexibility index (Phi) is 14.0. The first-order valence-corrected chi connectivity index (χ1v) is 17.8. The minimum atomic E-state index is -3.62. The number of benzene rings is 1. The van der Waals surface area contributed by atoms with Crippen LogP contribution in [0, 0.1) is 5.92 Å². The highest BCUT2D eigenvalue weighted by molar-refractivity contribution is 7.92. The number of imidazole rings is 1. The number of carboxylic acids is 2. The molecule has 0 aliphatic heterocycles. The van der Waals surface area contributed by atoms with Gasteiger partial charge in [0.2, 0.25) is 17.7 Å². The fraction of sp³-hybridized carbons (Fsp3) is 0.424. The number of aromatic nitrogens is 2. The quantitative estimate of drug-likeness (QED) is 0.0938. The van der Waals surface area contributed by atoms with E-state index in [2.05, 4.69) is 37.8 Å². The lowest BCUT2D eigenvalue weighted by Gasteiger charge is -2.27. The van der Waals surface area contributed by atoms with Gasteiger partial charge in [-0.2, -0.15) is 0 Å². The molecule has 1 heterocycles. The lowest BCUT2D eigenvalue weighted by atomic mass is 10.0. The van der Waals surface area contributed by atoms with Crippen molar-refractivity contribution in [3.8, 4) is 0 Å². The molecule has 1 aliphatic rings. The van der Waals surface area contributed by atoms with Crippen LogP contribution in [0.25, 0.3) is 5.57 Å². The number of amides is 4. The number of aliphatic carboxylic acids is 2. The van der Waals surface area contributed by atoms with Crippen LogP contribution in [0.15, 0.2) is 61.1 Å². The van der Waals surface area contributed by atoms with Crippen LogP contribution in [-0.2, 0) is 45.2 Å². The third kappa shape index (κ3) is 12.7. The molecule has 51 heavy (non-hydrogen) atoms. The van der Waals surface area contributed by atoms with Gasteiger partial charge >= 0.3 is 18.0 Å². The number of H-pyrrole nitrogens is 1. The molecule has 2 unspecified atom stereocenters. The van der Waals surface area contributed by atoms with Gasteiger partial charge < -0.3 is 41.2 Å². The van der Waals surface area contributed by atoms with Gasteiger partial charge in [-0.25, -0.2) is 18.2 Å². The van der Waals surface area contributed by atoms with Gasteiger partial charge in [0.1, 0.15) is 30.0 Å². The van der Waals surface area contributed by atoms with Crippen molar-refractivity contribution in [2.24, 2.45) is 5.92 Å². The number of aromatic amines is 1. The van der Waals surface area contributed by atoms with Crippen molar-refractivity contribution in [2.75, 3.05) is 6.26 Å². The van der Waals surface area contributed by atoms with Crippen molar-refractivity contribution in [3.63, 3.8) is 0 Å². The molecule has 0 radical (unpaired) electrons. The van der Waals surface area contributed by atoms with E-state index in [-0.39, 0.29) is 35.8 Å². The van der Waals surface area contributed by atoms with E-state index in [0.717, 1.165) is 6.26 Å². The number of rotatable bonds is 20. The van der Waals surface area contributed by atoms with Crippen LogP contribution in [0.2, 0.25) is 0 Å². The van der Waals surface area contributed by atoms with Crippen LogP contribution >= 0.6 is 0 Å². The van der Waals surface area contributed by atoms with Gasteiger partial charge in [-0.3, -0.25) is 24.0 Å². The lowest BCUT2D eigenvalue weighted by molar-refractivity contribution is -0.139. The minimum Gasteiger partial charge on any atom is -0.481 e. The summed E-state index contributed by atoms with van der Waals surface area (Å²) in [5.41, 5.74) is 1.02. The molecular weight excluding hydrogens is 688 g/mol. The second-order valence-electron chi connectivity index (χ2n) is 12.4. The Morgan fingerprint density at radius 1 is 0.941 bits per heavy atom. The Morgan fingerprint density at radius 2 is 1.61 bits per heavy atom. The molecule has 18 heteroatoms. The molecule has 1 aromatic heterocycles. The van der Waals surface area contributed by atoms with Crippen molar-refractivity contribution in [1.29, 1.82) is 0 Å². The molecule has 0 saturated heterocycles. The molecule has 0 fully saturated rings. The Bertz CT molecular complexity index is 1740. The number of carboxylic acid groups (broad SMARTS) is 2.